The van der Waals surface area contributed by atoms with Gasteiger partial charge in [0.05, 0.1) is 25.7 Å². The van der Waals surface area contributed by atoms with Crippen molar-refractivity contribution < 1.29 is 43.2 Å². The van der Waals surface area contributed by atoms with Gasteiger partial charge in [-0.3, -0.25) is 14.4 Å². The normalized spacial score (nSPS) is 12.7. The van der Waals surface area contributed by atoms with Gasteiger partial charge in [0.2, 0.25) is 0 Å². The Morgan fingerprint density at radius 3 is 1.95 bits per heavy atom. The molecule has 0 amide bonds. The molecule has 0 aliphatic rings. The molecule has 1 aromatic carbocycles. The van der Waals surface area contributed by atoms with Crippen LogP contribution in [0.25, 0.3) is 0 Å². The molecule has 1 rings (SSSR count). The first kappa shape index (κ1) is 33.5. The third-order valence-corrected chi connectivity index (χ3v) is 5.77. The number of carbonyl (C=O) groups excluding carboxylic acids is 3. The largest absolute Gasteiger partial charge is 0.461 e. The van der Waals surface area contributed by atoms with Gasteiger partial charge in [0, 0.05) is 27.1 Å². The van der Waals surface area contributed by atoms with Crippen LogP contribution in [0, 0.1) is 12.8 Å². The molecular formula is C28H45NO9. The zero-order valence-corrected chi connectivity index (χ0v) is 23.2. The van der Waals surface area contributed by atoms with Crippen LogP contribution in [0.5, 0.6) is 0 Å². The number of benzene rings is 1. The van der Waals surface area contributed by atoms with E-state index in [0.29, 0.717) is 32.4 Å². The van der Waals surface area contributed by atoms with Crippen molar-refractivity contribution in [2.24, 2.45) is 5.92 Å². The van der Waals surface area contributed by atoms with E-state index in [4.69, 9.17) is 23.7 Å². The molecule has 2 atom stereocenters. The van der Waals surface area contributed by atoms with Crippen molar-refractivity contribution in [2.75, 3.05) is 53.7 Å². The van der Waals surface area contributed by atoms with E-state index < -0.39 is 24.8 Å². The number of nitrogens with one attached hydrogen (secondary N) is 1. The molecule has 216 valence electrons. The second kappa shape index (κ2) is 20.4. The number of esters is 3. The van der Waals surface area contributed by atoms with Gasteiger partial charge in [0.15, 0.2) is 6.10 Å². The lowest BCUT2D eigenvalue weighted by molar-refractivity contribution is -0.163. The fraction of sp³-hybridized carbons (Fsp3) is 0.679. The van der Waals surface area contributed by atoms with Crippen LogP contribution < -0.4 is 5.32 Å². The summed E-state index contributed by atoms with van der Waals surface area (Å²) in [5, 5.41) is 12.7. The number of aryl methyl sites for hydroxylation is 2. The van der Waals surface area contributed by atoms with Crippen LogP contribution in [0.1, 0.15) is 50.2 Å². The molecule has 2 N–H and O–H groups in total. The number of methoxy groups -OCH3 is 2. The summed E-state index contributed by atoms with van der Waals surface area (Å²) >= 11 is 0. The third kappa shape index (κ3) is 15.7. The van der Waals surface area contributed by atoms with Crippen molar-refractivity contribution in [3.05, 3.63) is 35.4 Å². The Morgan fingerprint density at radius 2 is 1.42 bits per heavy atom. The average Bonchev–Trinajstić information content (AvgIpc) is 2.90. The van der Waals surface area contributed by atoms with Gasteiger partial charge < -0.3 is 34.1 Å². The Bertz CT molecular complexity index is 794. The van der Waals surface area contributed by atoms with Gasteiger partial charge in [0.25, 0.3) is 0 Å². The maximum absolute atomic E-state index is 12.3. The van der Waals surface area contributed by atoms with Crippen molar-refractivity contribution in [3.8, 4) is 0 Å². The minimum absolute atomic E-state index is 0.155. The first-order chi connectivity index (χ1) is 18.3. The van der Waals surface area contributed by atoms with E-state index in [1.165, 1.54) is 19.8 Å². The lowest BCUT2D eigenvalue weighted by atomic mass is 10.0. The first-order valence-electron chi connectivity index (χ1n) is 13.2. The van der Waals surface area contributed by atoms with Crippen molar-refractivity contribution in [1.82, 2.24) is 5.32 Å². The zero-order valence-electron chi connectivity index (χ0n) is 23.2. The van der Waals surface area contributed by atoms with Crippen LogP contribution >= 0.6 is 0 Å². The van der Waals surface area contributed by atoms with Gasteiger partial charge in [-0.05, 0) is 51.3 Å². The topological polar surface area (TPSA) is 130 Å². The molecule has 0 spiro atoms. The Labute approximate surface area is 226 Å². The molecular weight excluding hydrogens is 494 g/mol. The number of aliphatic hydroxyl groups is 1. The van der Waals surface area contributed by atoms with Crippen LogP contribution in [0.2, 0.25) is 0 Å². The maximum Gasteiger partial charge on any atom is 0.308 e. The quantitative estimate of drug-likeness (QED) is 0.136. The summed E-state index contributed by atoms with van der Waals surface area (Å²) in [6, 6.07) is 8.17. The highest BCUT2D eigenvalue weighted by molar-refractivity contribution is 5.72. The number of aliphatic hydroxyl groups excluding tert-OH is 1. The summed E-state index contributed by atoms with van der Waals surface area (Å²) in [6.45, 7) is 4.94. The van der Waals surface area contributed by atoms with Gasteiger partial charge in [-0.15, -0.1) is 0 Å². The fourth-order valence-electron chi connectivity index (χ4n) is 3.52. The molecule has 0 saturated heterocycles. The Hall–Kier alpha value is -2.53. The van der Waals surface area contributed by atoms with Crippen molar-refractivity contribution in [3.63, 3.8) is 0 Å². The van der Waals surface area contributed by atoms with E-state index in [-0.39, 0.29) is 50.5 Å². The van der Waals surface area contributed by atoms with Gasteiger partial charge >= 0.3 is 17.9 Å². The summed E-state index contributed by atoms with van der Waals surface area (Å²) in [5.41, 5.74) is 2.34. The van der Waals surface area contributed by atoms with Gasteiger partial charge in [-0.2, -0.15) is 0 Å². The summed E-state index contributed by atoms with van der Waals surface area (Å²) in [4.78, 5) is 36.2. The molecule has 0 aromatic heterocycles. The summed E-state index contributed by atoms with van der Waals surface area (Å²) < 4.78 is 25.8. The van der Waals surface area contributed by atoms with E-state index >= 15 is 0 Å². The predicted octanol–water partition coefficient (Wildman–Crippen LogP) is 2.37. The monoisotopic (exact) mass is 539 g/mol. The number of rotatable bonds is 21. The highest BCUT2D eigenvalue weighted by Gasteiger charge is 2.19. The molecule has 1 aromatic rings. The molecule has 0 aliphatic heterocycles. The Kier molecular flexibility index (Phi) is 18.0. The minimum atomic E-state index is -0.894. The molecule has 0 heterocycles. The fourth-order valence-corrected chi connectivity index (χ4v) is 3.52. The number of ether oxygens (including phenoxy) is 5. The molecule has 10 heteroatoms. The van der Waals surface area contributed by atoms with E-state index in [0.717, 1.165) is 12.0 Å². The van der Waals surface area contributed by atoms with Crippen molar-refractivity contribution in [2.45, 2.75) is 64.6 Å². The molecule has 0 radical (unpaired) electrons. The smallest absolute Gasteiger partial charge is 0.308 e. The molecule has 0 fully saturated rings. The summed E-state index contributed by atoms with van der Waals surface area (Å²) in [5.74, 6) is -1.48. The molecule has 10 nitrogen and oxygen atoms in total. The second-order valence-corrected chi connectivity index (χ2v) is 9.33. The SMILES string of the molecule is COCC(COC)OC(=O)CCCNCCCC(=O)OC(CO)COC(=O)C(C)CCc1ccc(C)cc1. The van der Waals surface area contributed by atoms with Crippen LogP contribution in [0.3, 0.4) is 0 Å². The van der Waals surface area contributed by atoms with Gasteiger partial charge in [-0.1, -0.05) is 36.8 Å². The second-order valence-electron chi connectivity index (χ2n) is 9.33. The maximum atomic E-state index is 12.3. The van der Waals surface area contributed by atoms with E-state index in [1.807, 2.05) is 31.2 Å². The third-order valence-electron chi connectivity index (χ3n) is 5.77. The highest BCUT2D eigenvalue weighted by atomic mass is 16.6. The molecule has 2 unspecified atom stereocenters. The van der Waals surface area contributed by atoms with Crippen LogP contribution in [0.15, 0.2) is 24.3 Å². The van der Waals surface area contributed by atoms with E-state index in [1.54, 1.807) is 6.92 Å². The standard InChI is InChI=1S/C28H45NO9/c1-21-9-12-23(13-10-21)14-11-22(2)28(33)36-20-24(17-30)37-26(31)7-5-15-29-16-6-8-27(32)38-25(18-34-3)19-35-4/h9-10,12-13,22,24-25,29-30H,5-8,11,14-20H2,1-4H3. The Balaban J connectivity index is 2.14. The summed E-state index contributed by atoms with van der Waals surface area (Å²) in [7, 11) is 3.07. The number of carbonyl (C=O) groups is 3. The summed E-state index contributed by atoms with van der Waals surface area (Å²) in [6.07, 6.45) is 1.63. The lowest BCUT2D eigenvalue weighted by Gasteiger charge is -2.17. The Morgan fingerprint density at radius 1 is 0.868 bits per heavy atom. The highest BCUT2D eigenvalue weighted by Crippen LogP contribution is 2.13. The predicted molar refractivity (Wildman–Crippen MR) is 142 cm³/mol. The van der Waals surface area contributed by atoms with Gasteiger partial charge in [0.1, 0.15) is 12.7 Å². The van der Waals surface area contributed by atoms with Gasteiger partial charge in [-0.25, -0.2) is 0 Å². The zero-order chi connectivity index (χ0) is 28.2. The van der Waals surface area contributed by atoms with Crippen molar-refractivity contribution in [1.29, 1.82) is 0 Å². The van der Waals surface area contributed by atoms with Crippen LogP contribution in [-0.4, -0.2) is 89.0 Å². The number of hydrogen-bond donors (Lipinski definition) is 2. The van der Waals surface area contributed by atoms with Crippen LogP contribution in [0.4, 0.5) is 0 Å². The molecule has 0 saturated carbocycles. The molecule has 38 heavy (non-hydrogen) atoms. The minimum Gasteiger partial charge on any atom is -0.461 e. The molecule has 0 aliphatic carbocycles. The van der Waals surface area contributed by atoms with Crippen LogP contribution in [-0.2, 0) is 44.5 Å². The van der Waals surface area contributed by atoms with E-state index in [2.05, 4.69) is 5.32 Å². The van der Waals surface area contributed by atoms with E-state index in [9.17, 15) is 19.5 Å². The molecule has 0 bridgehead atoms. The average molecular weight is 540 g/mol. The lowest BCUT2D eigenvalue weighted by Crippen LogP contribution is -2.30. The van der Waals surface area contributed by atoms with Crippen molar-refractivity contribution >= 4 is 17.9 Å². The number of hydrogen-bond acceptors (Lipinski definition) is 10. The first-order valence-corrected chi connectivity index (χ1v) is 13.2.